The standard InChI is InChI=1S/C108H192N6O24/c1-28-31-46-106(88(115)133-58-37-52-127-82-67-94(4,5)109(121)95(6,7)68-82,89(116)134-59-38-53-128-83-69-96(8,9)110(122)97(10,11)70-83)49-34-43-79-64-80(44-35-50-107(47-32-29-2,90(117)135-60-39-54-129-84-71-98(12,13)111(123)99(14,15)72-84)91(118)136-61-40-55-130-85-73-100(16,17)112(124)101(18,19)74-85)66-81(65-79)45-36-51-108(48-33-30-3,92(119)137-62-41-56-131-86-75-102(20,21)113(125)103(22,23)76-86)93(120)138-63-42-57-132-87-77-104(24,25)114(126)105(26,27)78-87/h64-66,82-87,121-126H,28-63,67-78H2,1-27H3/p+3. The average Bonchev–Trinajstić information content (AvgIpc) is 0.783. The Morgan fingerprint density at radius 2 is 0.399 bits per heavy atom. The summed E-state index contributed by atoms with van der Waals surface area (Å²) in [5, 5.41) is 69.0. The first-order chi connectivity index (χ1) is 64.1. The highest BCUT2D eigenvalue weighted by Crippen LogP contribution is 2.47. The van der Waals surface area contributed by atoms with Crippen LogP contribution in [0, 0.1) is 16.2 Å². The molecule has 30 heteroatoms. The molecule has 1 aromatic carbocycles. The second kappa shape index (κ2) is 51.1. The number of carbonyl (C=O) groups excluding carboxylic acids is 6. The zero-order valence-electron chi connectivity index (χ0n) is 91.0. The Hall–Kier alpha value is -4.68. The lowest BCUT2D eigenvalue weighted by atomic mass is 9.77. The van der Waals surface area contributed by atoms with Crippen LogP contribution in [0.5, 0.6) is 0 Å². The number of nitrogens with zero attached hydrogens (tertiary/aromatic N) is 6. The van der Waals surface area contributed by atoms with E-state index in [4.69, 9.17) is 72.5 Å². The van der Waals surface area contributed by atoms with Crippen LogP contribution in [0.3, 0.4) is 0 Å². The lowest BCUT2D eigenvalue weighted by Crippen LogP contribution is -2.60. The van der Waals surface area contributed by atoms with Gasteiger partial charge in [-0.15, -0.1) is 0 Å². The molecule has 7 rings (SSSR count). The number of benzene rings is 1. The van der Waals surface area contributed by atoms with E-state index in [9.17, 15) is 15.6 Å². The zero-order chi connectivity index (χ0) is 103. The molecule has 0 radical (unpaired) electrons. The molecule has 6 fully saturated rings. The van der Waals surface area contributed by atoms with Gasteiger partial charge in [0.05, 0.1) is 149 Å². The number of esters is 6. The van der Waals surface area contributed by atoms with Crippen LogP contribution in [-0.4, -0.2) is 280 Å². The van der Waals surface area contributed by atoms with Crippen molar-refractivity contribution in [2.24, 2.45) is 16.2 Å². The highest BCUT2D eigenvalue weighted by molar-refractivity contribution is 6.01. The van der Waals surface area contributed by atoms with Crippen molar-refractivity contribution in [3.63, 3.8) is 0 Å². The van der Waals surface area contributed by atoms with Crippen molar-refractivity contribution in [1.82, 2.24) is 30.4 Å². The molecule has 9 N–H and O–H groups in total. The summed E-state index contributed by atoms with van der Waals surface area (Å²) >= 11 is 0. The van der Waals surface area contributed by atoms with Gasteiger partial charge in [-0.25, -0.2) is 0 Å². The minimum Gasteiger partial charge on any atom is -0.465 e. The van der Waals surface area contributed by atoms with Gasteiger partial charge >= 0.3 is 35.8 Å². The van der Waals surface area contributed by atoms with E-state index in [-0.39, 0.29) is 135 Å². The predicted molar refractivity (Wildman–Crippen MR) is 535 cm³/mol. The van der Waals surface area contributed by atoms with E-state index < -0.39 is 119 Å². The number of hydrogen-bond acceptors (Lipinski definition) is 27. The number of ether oxygens (including phenoxy) is 12. The summed E-state index contributed by atoms with van der Waals surface area (Å²) in [6.45, 7) is 56.1. The number of carbonyl (C=O) groups is 6. The van der Waals surface area contributed by atoms with E-state index in [0.29, 0.717) is 212 Å². The van der Waals surface area contributed by atoms with Crippen LogP contribution >= 0.6 is 0 Å². The summed E-state index contributed by atoms with van der Waals surface area (Å²) in [6.07, 6.45) is 15.2. The molecule has 1 atom stereocenters. The van der Waals surface area contributed by atoms with Crippen molar-refractivity contribution >= 4 is 35.8 Å². The van der Waals surface area contributed by atoms with Gasteiger partial charge in [0, 0.05) is 71.8 Å². The van der Waals surface area contributed by atoms with Crippen molar-refractivity contribution in [2.75, 3.05) is 79.3 Å². The first-order valence-corrected chi connectivity index (χ1v) is 53.0. The van der Waals surface area contributed by atoms with Gasteiger partial charge in [0.1, 0.15) is 0 Å². The molecule has 30 nitrogen and oxygen atoms in total. The lowest BCUT2D eigenvalue weighted by molar-refractivity contribution is -0.261. The van der Waals surface area contributed by atoms with Gasteiger partial charge in [0.25, 0.3) is 0 Å². The molecule has 0 aliphatic carbocycles. The number of aryl methyl sites for hydroxylation is 3. The molecular weight excluding hydrogens is 1770 g/mol. The monoisotopic (exact) mass is 1960 g/mol. The molecule has 6 aliphatic rings. The number of hydroxylamine groups is 12. The van der Waals surface area contributed by atoms with Gasteiger partial charge in [-0.2, -0.15) is 15.2 Å². The molecule has 6 aliphatic heterocycles. The molecule has 0 amide bonds. The van der Waals surface area contributed by atoms with Crippen LogP contribution < -0.4 is 0 Å². The van der Waals surface area contributed by atoms with E-state index in [2.05, 4.69) is 18.2 Å². The quantitative estimate of drug-likeness (QED) is 0.0179. The van der Waals surface area contributed by atoms with Crippen LogP contribution in [0.1, 0.15) is 416 Å². The summed E-state index contributed by atoms with van der Waals surface area (Å²) in [6, 6.07) is 6.32. The van der Waals surface area contributed by atoms with Gasteiger partial charge in [-0.05, 0) is 337 Å². The first kappa shape index (κ1) is 120. The van der Waals surface area contributed by atoms with Crippen molar-refractivity contribution in [3.05, 3.63) is 34.9 Å². The molecule has 0 aromatic heterocycles. The lowest BCUT2D eigenvalue weighted by Gasteiger charge is -2.51. The van der Waals surface area contributed by atoms with Crippen molar-refractivity contribution in [3.8, 4) is 0 Å². The van der Waals surface area contributed by atoms with E-state index >= 15 is 28.8 Å². The topological polar surface area (TPSA) is 362 Å². The Labute approximate surface area is 830 Å². The second-order valence-electron chi connectivity index (χ2n) is 49.3. The van der Waals surface area contributed by atoms with E-state index in [1.807, 2.05) is 187 Å². The first-order valence-electron chi connectivity index (χ1n) is 53.0. The molecule has 0 spiro atoms. The van der Waals surface area contributed by atoms with E-state index in [1.54, 1.807) is 15.2 Å². The summed E-state index contributed by atoms with van der Waals surface area (Å²) in [5.41, 5.74) is -8.32. The molecule has 1 unspecified atom stereocenters. The Morgan fingerprint density at radius 1 is 0.254 bits per heavy atom. The predicted octanol–water partition coefficient (Wildman–Crippen LogP) is 18.1. The molecule has 6 heterocycles. The molecule has 0 bridgehead atoms. The maximum Gasteiger partial charge on any atom is 0.323 e. The van der Waals surface area contributed by atoms with Crippen LogP contribution in [0.25, 0.3) is 0 Å². The molecule has 138 heavy (non-hydrogen) atoms. The molecule has 0 saturated carbocycles. The fourth-order valence-corrected chi connectivity index (χ4v) is 23.8. The fraction of sp³-hybridized carbons (Fsp3) is 0.889. The third kappa shape index (κ3) is 33.2. The van der Waals surface area contributed by atoms with E-state index in [1.165, 1.54) is 15.2 Å². The zero-order valence-corrected chi connectivity index (χ0v) is 91.0. The van der Waals surface area contributed by atoms with Gasteiger partial charge in [-0.1, -0.05) is 92.7 Å². The maximum absolute atomic E-state index is 15.4. The van der Waals surface area contributed by atoms with Crippen LogP contribution in [0.2, 0.25) is 0 Å². The molecule has 6 saturated heterocycles. The fourth-order valence-electron chi connectivity index (χ4n) is 23.8. The Morgan fingerprint density at radius 3 is 0.551 bits per heavy atom. The summed E-state index contributed by atoms with van der Waals surface area (Å²) in [5.74, 6) is -4.02. The van der Waals surface area contributed by atoms with Gasteiger partial charge in [0.2, 0.25) is 0 Å². The third-order valence-electron chi connectivity index (χ3n) is 30.6. The minimum atomic E-state index is -1.72. The number of hydrogen-bond donors (Lipinski definition) is 3. The minimum absolute atomic E-state index is 0.00620. The summed E-state index contributed by atoms with van der Waals surface area (Å²) < 4.78 is 76.3. The molecular formula is C108H195N6O24+3. The smallest absolute Gasteiger partial charge is 0.323 e. The average molecular weight is 1960 g/mol. The maximum atomic E-state index is 15.4. The van der Waals surface area contributed by atoms with Crippen LogP contribution in [0.15, 0.2) is 18.2 Å². The highest BCUT2D eigenvalue weighted by atomic mass is 16.6. The molecule has 1 aromatic rings. The third-order valence-corrected chi connectivity index (χ3v) is 30.6. The van der Waals surface area contributed by atoms with Crippen LogP contribution in [0.4, 0.5) is 0 Å². The number of rotatable bonds is 57. The Balaban J connectivity index is 1.23. The van der Waals surface area contributed by atoms with Crippen molar-refractivity contribution in [2.45, 2.75) is 521 Å². The normalized spacial score (nSPS) is 22.7. The van der Waals surface area contributed by atoms with Gasteiger partial charge in [-0.3, -0.25) is 28.8 Å². The Kier molecular flexibility index (Phi) is 44.5. The molecule has 798 valence electrons. The van der Waals surface area contributed by atoms with Gasteiger partial charge in [0.15, 0.2) is 16.2 Å². The number of unbranched alkanes of at least 4 members (excludes halogenated alkanes) is 3. The van der Waals surface area contributed by atoms with Crippen LogP contribution in [-0.2, 0) is 105 Å². The second-order valence-corrected chi connectivity index (χ2v) is 49.3. The van der Waals surface area contributed by atoms with Crippen molar-refractivity contribution < 1.29 is 117 Å². The highest BCUT2D eigenvalue weighted by Gasteiger charge is 2.57. The SMILES string of the molecule is CCCCC(CCCc1cc(CCCC(CCCC)(C(=O)OCCCOC2CC(C)(C)N(O)C(C)(C)C2)C(=O)OCCCOC2CC(C)(C)N([OH2+])C(C)(C)C2)cc(CCCC(CCCC)(C(=O)OCCCOC2CC(C)(C)N([OH2+])C(C)(C)C2)C(=O)OCCCOC2CC(C)(C)N([OH2+])C(C)(C)C2)c1)(C(=O)OCCCOC1CC(C)(C)N(O)C(C)(C)C1)C(=O)OCCCOC1CC(C)(C)N(O)C(C)(C)C1. The van der Waals surface area contributed by atoms with Gasteiger partial charge < -0.3 is 88.1 Å². The Bertz CT molecular complexity index is 3250. The number of piperidine rings is 6. The largest absolute Gasteiger partial charge is 0.465 e. The van der Waals surface area contributed by atoms with E-state index in [0.717, 1.165) is 16.7 Å². The summed E-state index contributed by atoms with van der Waals surface area (Å²) in [4.78, 5) is 92.1. The van der Waals surface area contributed by atoms with Crippen molar-refractivity contribution in [1.29, 1.82) is 0 Å². The summed E-state index contributed by atoms with van der Waals surface area (Å²) in [7, 11) is 0.